The highest BCUT2D eigenvalue weighted by atomic mass is 16.5. The van der Waals surface area contributed by atoms with Gasteiger partial charge in [-0.05, 0) is 29.8 Å². The molecule has 0 unspecified atom stereocenters. The number of hydrogen-bond donors (Lipinski definition) is 2. The first kappa shape index (κ1) is 14.7. The van der Waals surface area contributed by atoms with Gasteiger partial charge in [-0.1, -0.05) is 18.2 Å². The van der Waals surface area contributed by atoms with E-state index in [0.717, 1.165) is 5.56 Å². The van der Waals surface area contributed by atoms with Crippen LogP contribution in [0.2, 0.25) is 0 Å². The maximum Gasteiger partial charge on any atom is 0.161 e. The molecule has 0 saturated heterocycles. The molecule has 5 heteroatoms. The van der Waals surface area contributed by atoms with Crippen molar-refractivity contribution in [1.82, 2.24) is 0 Å². The Bertz CT molecular complexity index is 641. The first-order valence-corrected chi connectivity index (χ1v) is 6.43. The highest BCUT2D eigenvalue weighted by Crippen LogP contribution is 2.27. The van der Waals surface area contributed by atoms with Gasteiger partial charge in [0.1, 0.15) is 18.2 Å². The fourth-order valence-corrected chi connectivity index (χ4v) is 1.95. The Morgan fingerprint density at radius 3 is 2.29 bits per heavy atom. The van der Waals surface area contributed by atoms with Gasteiger partial charge in [0.25, 0.3) is 0 Å². The number of rotatable bonds is 6. The zero-order valence-corrected chi connectivity index (χ0v) is 12.1. The molecule has 0 amide bonds. The molecule has 0 aliphatic heterocycles. The second-order valence-electron chi connectivity index (χ2n) is 4.39. The van der Waals surface area contributed by atoms with E-state index >= 15 is 0 Å². The monoisotopic (exact) mass is 286 g/mol. The summed E-state index contributed by atoms with van der Waals surface area (Å²) in [7, 11) is 3.15. The van der Waals surface area contributed by atoms with E-state index in [9.17, 15) is 0 Å². The van der Waals surface area contributed by atoms with Crippen LogP contribution in [0, 0.1) is 5.41 Å². The van der Waals surface area contributed by atoms with Crippen LogP contribution in [-0.4, -0.2) is 20.1 Å². The highest BCUT2D eigenvalue weighted by Gasteiger charge is 2.08. The Balaban J connectivity index is 2.17. The molecule has 0 saturated carbocycles. The van der Waals surface area contributed by atoms with Gasteiger partial charge in [0.15, 0.2) is 11.5 Å². The van der Waals surface area contributed by atoms with Crippen LogP contribution < -0.4 is 19.9 Å². The third-order valence-electron chi connectivity index (χ3n) is 3.02. The molecule has 2 aromatic carbocycles. The number of ether oxygens (including phenoxy) is 3. The Morgan fingerprint density at radius 2 is 1.67 bits per heavy atom. The Kier molecular flexibility index (Phi) is 4.66. The number of para-hydroxylation sites is 2. The average Bonchev–Trinajstić information content (AvgIpc) is 2.52. The normalized spacial score (nSPS) is 10.0. The molecule has 0 radical (unpaired) electrons. The van der Waals surface area contributed by atoms with Gasteiger partial charge >= 0.3 is 0 Å². The second kappa shape index (κ2) is 6.65. The SMILES string of the molecule is COc1ccccc1OCc1ccc(OC)c(C(=N)N)c1. The smallest absolute Gasteiger partial charge is 0.161 e. The standard InChI is InChI=1S/C16H18N2O3/c1-19-13-8-7-11(9-12(13)16(17)18)10-21-15-6-4-3-5-14(15)20-2/h3-9H,10H2,1-2H3,(H3,17,18). The molecule has 3 N–H and O–H groups in total. The molecule has 0 fully saturated rings. The van der Waals surface area contributed by atoms with E-state index in [-0.39, 0.29) is 5.84 Å². The van der Waals surface area contributed by atoms with Gasteiger partial charge in [0.2, 0.25) is 0 Å². The lowest BCUT2D eigenvalue weighted by atomic mass is 10.1. The zero-order chi connectivity index (χ0) is 15.2. The number of amidine groups is 1. The molecule has 0 heterocycles. The highest BCUT2D eigenvalue weighted by molar-refractivity contribution is 5.97. The fraction of sp³-hybridized carbons (Fsp3) is 0.188. The summed E-state index contributed by atoms with van der Waals surface area (Å²) < 4.78 is 16.2. The van der Waals surface area contributed by atoms with Crippen LogP contribution in [0.5, 0.6) is 17.2 Å². The van der Waals surface area contributed by atoms with Crippen molar-refractivity contribution >= 4 is 5.84 Å². The first-order chi connectivity index (χ1) is 10.2. The van der Waals surface area contributed by atoms with E-state index < -0.39 is 0 Å². The van der Waals surface area contributed by atoms with E-state index in [2.05, 4.69) is 0 Å². The van der Waals surface area contributed by atoms with E-state index in [1.807, 2.05) is 30.3 Å². The third kappa shape index (κ3) is 3.45. The second-order valence-corrected chi connectivity index (χ2v) is 4.39. The summed E-state index contributed by atoms with van der Waals surface area (Å²) in [6, 6.07) is 12.9. The van der Waals surface area contributed by atoms with Crippen LogP contribution >= 0.6 is 0 Å². The minimum Gasteiger partial charge on any atom is -0.496 e. The van der Waals surface area contributed by atoms with Crippen LogP contribution in [0.3, 0.4) is 0 Å². The number of nitrogens with two attached hydrogens (primary N) is 1. The molecule has 2 rings (SSSR count). The van der Waals surface area contributed by atoms with Crippen LogP contribution in [0.4, 0.5) is 0 Å². The summed E-state index contributed by atoms with van der Waals surface area (Å²) in [5, 5.41) is 7.57. The van der Waals surface area contributed by atoms with E-state index in [1.54, 1.807) is 26.4 Å². The van der Waals surface area contributed by atoms with Crippen molar-refractivity contribution in [2.45, 2.75) is 6.61 Å². The first-order valence-electron chi connectivity index (χ1n) is 6.43. The molecule has 0 aliphatic carbocycles. The van der Waals surface area contributed by atoms with Gasteiger partial charge in [0.05, 0.1) is 19.8 Å². The minimum atomic E-state index is -0.0361. The van der Waals surface area contributed by atoms with Crippen molar-refractivity contribution in [3.63, 3.8) is 0 Å². The van der Waals surface area contributed by atoms with Crippen LogP contribution in [0.25, 0.3) is 0 Å². The molecular weight excluding hydrogens is 268 g/mol. The van der Waals surface area contributed by atoms with E-state index in [4.69, 9.17) is 25.4 Å². The molecule has 0 atom stereocenters. The number of benzene rings is 2. The Labute approximate surface area is 123 Å². The van der Waals surface area contributed by atoms with Gasteiger partial charge < -0.3 is 19.9 Å². The van der Waals surface area contributed by atoms with Crippen LogP contribution in [0.1, 0.15) is 11.1 Å². The molecule has 110 valence electrons. The van der Waals surface area contributed by atoms with Crippen LogP contribution in [0.15, 0.2) is 42.5 Å². The van der Waals surface area contributed by atoms with Crippen molar-refractivity contribution in [3.8, 4) is 17.2 Å². The summed E-state index contributed by atoms with van der Waals surface area (Å²) >= 11 is 0. The van der Waals surface area contributed by atoms with Gasteiger partial charge in [0, 0.05) is 0 Å². The predicted octanol–water partition coefficient (Wildman–Crippen LogP) is 2.57. The van der Waals surface area contributed by atoms with Crippen molar-refractivity contribution in [1.29, 1.82) is 5.41 Å². The summed E-state index contributed by atoms with van der Waals surface area (Å²) in [6.45, 7) is 0.352. The van der Waals surface area contributed by atoms with Gasteiger partial charge in [-0.25, -0.2) is 0 Å². The topological polar surface area (TPSA) is 77.6 Å². The third-order valence-corrected chi connectivity index (χ3v) is 3.02. The summed E-state index contributed by atoms with van der Waals surface area (Å²) in [6.07, 6.45) is 0. The van der Waals surface area contributed by atoms with Crippen molar-refractivity contribution < 1.29 is 14.2 Å². The predicted molar refractivity (Wildman–Crippen MR) is 81.3 cm³/mol. The van der Waals surface area contributed by atoms with E-state index in [1.165, 1.54) is 0 Å². The number of nitrogen functional groups attached to an aromatic ring is 1. The van der Waals surface area contributed by atoms with Crippen LogP contribution in [-0.2, 0) is 6.61 Å². The Morgan fingerprint density at radius 1 is 1.00 bits per heavy atom. The molecule has 0 spiro atoms. The van der Waals surface area contributed by atoms with Gasteiger partial charge in [-0.2, -0.15) is 0 Å². The van der Waals surface area contributed by atoms with Gasteiger partial charge in [-0.15, -0.1) is 0 Å². The molecule has 0 bridgehead atoms. The maximum atomic E-state index is 7.57. The number of nitrogens with one attached hydrogen (secondary N) is 1. The lowest BCUT2D eigenvalue weighted by Gasteiger charge is -2.12. The fourth-order valence-electron chi connectivity index (χ4n) is 1.95. The molecule has 0 aliphatic rings. The zero-order valence-electron chi connectivity index (χ0n) is 12.1. The van der Waals surface area contributed by atoms with Crippen molar-refractivity contribution in [3.05, 3.63) is 53.6 Å². The molecule has 2 aromatic rings. The molecule has 5 nitrogen and oxygen atoms in total. The van der Waals surface area contributed by atoms with Crippen molar-refractivity contribution in [2.75, 3.05) is 14.2 Å². The maximum absolute atomic E-state index is 7.57. The summed E-state index contributed by atoms with van der Waals surface area (Å²) in [5.41, 5.74) is 7.00. The summed E-state index contributed by atoms with van der Waals surface area (Å²) in [5.74, 6) is 1.88. The van der Waals surface area contributed by atoms with Crippen molar-refractivity contribution in [2.24, 2.45) is 5.73 Å². The largest absolute Gasteiger partial charge is 0.496 e. The lowest BCUT2D eigenvalue weighted by Crippen LogP contribution is -2.13. The van der Waals surface area contributed by atoms with Gasteiger partial charge in [-0.3, -0.25) is 5.41 Å². The Hall–Kier alpha value is -2.69. The molecule has 21 heavy (non-hydrogen) atoms. The summed E-state index contributed by atoms with van der Waals surface area (Å²) in [4.78, 5) is 0. The minimum absolute atomic E-state index is 0.0361. The van der Waals surface area contributed by atoms with E-state index in [0.29, 0.717) is 29.4 Å². The quantitative estimate of drug-likeness (QED) is 0.632. The number of methoxy groups -OCH3 is 2. The lowest BCUT2D eigenvalue weighted by molar-refractivity contribution is 0.284. The molecular formula is C16H18N2O3. The molecule has 0 aromatic heterocycles. The number of hydrogen-bond acceptors (Lipinski definition) is 4. The average molecular weight is 286 g/mol.